The molecule has 6 N–H and O–H groups in total. The van der Waals surface area contributed by atoms with Crippen LogP contribution in [0.3, 0.4) is 0 Å². The molecule has 360 valence electrons. The average molecular weight is 1040 g/mol. The maximum Gasteiger partial charge on any atom is 0.261 e. The Labute approximate surface area is 409 Å². The van der Waals surface area contributed by atoms with Crippen LogP contribution in [0, 0.1) is 0 Å². The standard InChI is InChI=1S/C23H30Cl2N2O4S.C16H14Cl3NO2S.C6H16N2O2/c1-27-15-21(20-13-18(24)14-23(25)22(20)16-27)17-4-2-5-19(12-17)32(28,29)11-3-7-30-9-10-31-8-6-26;1-20-8-14(10-3-2-4-12(5-10)23(19,21)22)13-6-11(17)7-16(18)15(13)9-20;7-1-3-9-5-6-10-4-2-8/h2,4-5,12-14,21H,3,6-11,15-16,26H2,1H3;2-7,14H,8-9H2,1H3;1-8H2. The van der Waals surface area contributed by atoms with Gasteiger partial charge in [-0.2, -0.15) is 0 Å². The third kappa shape index (κ3) is 17.7. The van der Waals surface area contributed by atoms with Gasteiger partial charge < -0.3 is 45.9 Å². The summed E-state index contributed by atoms with van der Waals surface area (Å²) in [5, 5.41) is 2.43. The zero-order chi connectivity index (χ0) is 47.6. The van der Waals surface area contributed by atoms with Crippen molar-refractivity contribution in [2.45, 2.75) is 41.1 Å². The predicted octanol–water partition coefficient (Wildman–Crippen LogP) is 7.16. The number of nitrogens with two attached hydrogens (primary N) is 3. The Morgan fingerprint density at radius 1 is 0.569 bits per heavy atom. The first-order valence-electron chi connectivity index (χ1n) is 21.1. The Bertz CT molecular complexity index is 2340. The molecule has 2 unspecified atom stereocenters. The molecule has 2 atom stereocenters. The second kappa shape index (κ2) is 27.8. The average Bonchev–Trinajstić information content (AvgIpc) is 3.26. The zero-order valence-corrected chi connectivity index (χ0v) is 42.1. The van der Waals surface area contributed by atoms with E-state index in [4.69, 9.17) is 93.2 Å². The monoisotopic (exact) mass is 1040 g/mol. The number of halogens is 5. The molecule has 0 bridgehead atoms. The summed E-state index contributed by atoms with van der Waals surface area (Å²) in [6.45, 7) is 8.73. The molecule has 2 aliphatic rings. The molecule has 65 heavy (non-hydrogen) atoms. The third-order valence-corrected chi connectivity index (χ3v) is 14.6. The summed E-state index contributed by atoms with van der Waals surface area (Å²) >= 11 is 25.2. The van der Waals surface area contributed by atoms with Crippen LogP contribution in [0.5, 0.6) is 0 Å². The highest BCUT2D eigenvalue weighted by atomic mass is 35.7. The van der Waals surface area contributed by atoms with Crippen LogP contribution in [0.15, 0.2) is 82.6 Å². The van der Waals surface area contributed by atoms with E-state index in [0.717, 1.165) is 59.6 Å². The SMILES string of the molecule is CN1Cc2c(Cl)cc(Cl)cc2C(c2cccc(S(=O)(=O)CCCOCCOCCN)c2)C1.CN1Cc2c(Cl)cc(Cl)cc2C(c2cccc(S(=O)(=O)Cl)c2)C1.NCCOCCOCCN. The molecule has 0 spiro atoms. The van der Waals surface area contributed by atoms with Crippen LogP contribution in [0.1, 0.15) is 51.6 Å². The normalized spacial score (nSPS) is 16.5. The van der Waals surface area contributed by atoms with E-state index in [0.29, 0.717) is 104 Å². The Kier molecular flexibility index (Phi) is 23.7. The summed E-state index contributed by atoms with van der Waals surface area (Å²) in [7, 11) is 2.31. The third-order valence-electron chi connectivity index (χ3n) is 10.4. The fourth-order valence-electron chi connectivity index (χ4n) is 7.43. The number of hydrogen-bond acceptors (Lipinski definition) is 13. The van der Waals surface area contributed by atoms with Gasteiger partial charge in [0.2, 0.25) is 0 Å². The summed E-state index contributed by atoms with van der Waals surface area (Å²) in [6.07, 6.45) is 0.420. The van der Waals surface area contributed by atoms with Gasteiger partial charge in [-0.3, -0.25) is 0 Å². The number of rotatable bonds is 20. The van der Waals surface area contributed by atoms with Crippen LogP contribution in [-0.2, 0) is 50.9 Å². The first kappa shape index (κ1) is 55.5. The molecule has 13 nitrogen and oxygen atoms in total. The lowest BCUT2D eigenvalue weighted by Gasteiger charge is -2.33. The van der Waals surface area contributed by atoms with Crippen molar-refractivity contribution >= 4 is 76.0 Å². The van der Waals surface area contributed by atoms with E-state index in [1.807, 2.05) is 38.4 Å². The Hall–Kier alpha value is -2.13. The van der Waals surface area contributed by atoms with Gasteiger partial charge in [0.25, 0.3) is 9.05 Å². The van der Waals surface area contributed by atoms with Gasteiger partial charge in [0.05, 0.1) is 61.8 Å². The molecule has 6 rings (SSSR count). The topological polar surface area (TPSA) is 190 Å². The second-order valence-corrected chi connectivity index (χ2v) is 21.8. The first-order chi connectivity index (χ1) is 31.0. The van der Waals surface area contributed by atoms with E-state index >= 15 is 0 Å². The summed E-state index contributed by atoms with van der Waals surface area (Å²) < 4.78 is 69.8. The summed E-state index contributed by atoms with van der Waals surface area (Å²) in [6, 6.07) is 21.2. The first-order valence-corrected chi connectivity index (χ1v) is 26.6. The van der Waals surface area contributed by atoms with Gasteiger partial charge in [0.1, 0.15) is 0 Å². The van der Waals surface area contributed by atoms with Crippen molar-refractivity contribution in [3.8, 4) is 0 Å². The summed E-state index contributed by atoms with van der Waals surface area (Å²) in [5.41, 5.74) is 21.7. The molecule has 0 saturated heterocycles. The Morgan fingerprint density at radius 3 is 1.38 bits per heavy atom. The molecule has 0 aromatic heterocycles. The van der Waals surface area contributed by atoms with Crippen molar-refractivity contribution < 1.29 is 35.8 Å². The van der Waals surface area contributed by atoms with Gasteiger partial charge in [-0.1, -0.05) is 70.7 Å². The number of likely N-dealkylation sites (N-methyl/N-ethyl adjacent to an activating group) is 2. The van der Waals surface area contributed by atoms with E-state index in [9.17, 15) is 16.8 Å². The van der Waals surface area contributed by atoms with Gasteiger partial charge in [-0.05, 0) is 102 Å². The van der Waals surface area contributed by atoms with Gasteiger partial charge in [0, 0.05) is 95.0 Å². The molecule has 0 radical (unpaired) electrons. The quantitative estimate of drug-likeness (QED) is 0.0598. The zero-order valence-electron chi connectivity index (χ0n) is 36.7. The van der Waals surface area contributed by atoms with Gasteiger partial charge in [-0.25, -0.2) is 16.8 Å². The van der Waals surface area contributed by atoms with Crippen molar-refractivity contribution in [3.63, 3.8) is 0 Å². The summed E-state index contributed by atoms with van der Waals surface area (Å²) in [5.74, 6) is 0.00381. The van der Waals surface area contributed by atoms with Gasteiger partial charge >= 0.3 is 0 Å². The number of nitrogens with zero attached hydrogens (tertiary/aromatic N) is 2. The minimum atomic E-state index is -3.76. The van der Waals surface area contributed by atoms with Crippen molar-refractivity contribution in [2.75, 3.05) is 105 Å². The lowest BCUT2D eigenvalue weighted by Crippen LogP contribution is -2.31. The molecule has 4 aromatic carbocycles. The van der Waals surface area contributed by atoms with Crippen LogP contribution in [0.2, 0.25) is 20.1 Å². The molecule has 2 aliphatic heterocycles. The van der Waals surface area contributed by atoms with Crippen molar-refractivity contribution in [1.29, 1.82) is 0 Å². The van der Waals surface area contributed by atoms with E-state index in [1.165, 1.54) is 6.07 Å². The Balaban J connectivity index is 0.000000243. The molecule has 20 heteroatoms. The minimum Gasteiger partial charge on any atom is -0.379 e. The highest BCUT2D eigenvalue weighted by molar-refractivity contribution is 8.13. The van der Waals surface area contributed by atoms with Crippen LogP contribution in [0.25, 0.3) is 0 Å². The largest absolute Gasteiger partial charge is 0.379 e. The van der Waals surface area contributed by atoms with E-state index in [1.54, 1.807) is 42.5 Å². The molecule has 0 amide bonds. The highest BCUT2D eigenvalue weighted by Crippen LogP contribution is 2.40. The van der Waals surface area contributed by atoms with E-state index in [2.05, 4.69) is 9.80 Å². The van der Waals surface area contributed by atoms with Gasteiger partial charge in [0.15, 0.2) is 9.84 Å². The van der Waals surface area contributed by atoms with Crippen LogP contribution >= 0.6 is 57.1 Å². The summed E-state index contributed by atoms with van der Waals surface area (Å²) in [4.78, 5) is 4.75. The molecule has 0 aliphatic carbocycles. The van der Waals surface area contributed by atoms with Crippen LogP contribution in [-0.4, -0.2) is 132 Å². The molecule has 4 aromatic rings. The van der Waals surface area contributed by atoms with Crippen LogP contribution < -0.4 is 17.2 Å². The second-order valence-electron chi connectivity index (χ2n) is 15.5. The molecule has 0 saturated carbocycles. The van der Waals surface area contributed by atoms with Crippen molar-refractivity contribution in [2.24, 2.45) is 17.2 Å². The fraction of sp³-hybridized carbons (Fsp3) is 0.467. The highest BCUT2D eigenvalue weighted by Gasteiger charge is 2.29. The number of hydrogen-bond donors (Lipinski definition) is 3. The van der Waals surface area contributed by atoms with E-state index < -0.39 is 18.9 Å². The number of ether oxygens (including phenoxy) is 4. The predicted molar refractivity (Wildman–Crippen MR) is 262 cm³/mol. The van der Waals surface area contributed by atoms with Crippen molar-refractivity contribution in [1.82, 2.24) is 9.80 Å². The molecular formula is C45H60Cl5N5O8S2. The van der Waals surface area contributed by atoms with E-state index in [-0.39, 0.29) is 22.5 Å². The molecule has 2 heterocycles. The van der Waals surface area contributed by atoms with Crippen molar-refractivity contribution in [3.05, 3.63) is 126 Å². The smallest absolute Gasteiger partial charge is 0.261 e. The molecular weight excluding hydrogens is 980 g/mol. The Morgan fingerprint density at radius 2 is 0.969 bits per heavy atom. The fourth-order valence-corrected chi connectivity index (χ4v) is 10.7. The van der Waals surface area contributed by atoms with Crippen LogP contribution in [0.4, 0.5) is 0 Å². The lowest BCUT2D eigenvalue weighted by atomic mass is 9.85. The lowest BCUT2D eigenvalue weighted by molar-refractivity contribution is 0.0512. The number of fused-ring (bicyclic) bond motifs is 2. The molecule has 0 fully saturated rings. The maximum absolute atomic E-state index is 12.9. The van der Waals surface area contributed by atoms with Gasteiger partial charge in [-0.15, -0.1) is 0 Å². The minimum absolute atomic E-state index is 0.00745. The number of sulfone groups is 1. The number of benzene rings is 4. The maximum atomic E-state index is 12.9.